The van der Waals surface area contributed by atoms with Crippen LogP contribution in [0, 0.1) is 0 Å². The van der Waals surface area contributed by atoms with Gasteiger partial charge in [-0.1, -0.05) is 28.1 Å². The zero-order valence-electron chi connectivity index (χ0n) is 16.3. The summed E-state index contributed by atoms with van der Waals surface area (Å²) < 4.78 is 17.0. The van der Waals surface area contributed by atoms with Crippen LogP contribution in [-0.4, -0.2) is 33.8 Å². The minimum atomic E-state index is -0.132. The number of benzene rings is 2. The number of methoxy groups -OCH3 is 3. The fourth-order valence-electron chi connectivity index (χ4n) is 3.47. The highest BCUT2D eigenvalue weighted by Gasteiger charge is 2.38. The number of carbonyl (C=O) groups excluding carboxylic acids is 1. The van der Waals surface area contributed by atoms with Gasteiger partial charge in [-0.05, 0) is 37.0 Å². The predicted molar refractivity (Wildman–Crippen MR) is 112 cm³/mol. The minimum absolute atomic E-state index is 0.127. The molecule has 0 aromatic heterocycles. The molecule has 0 heterocycles. The number of carbonyl (C=O) groups is 1. The smallest absolute Gasteiger partial charge is 0.238 e. The van der Waals surface area contributed by atoms with Crippen LogP contribution in [0.1, 0.15) is 24.8 Å². The van der Waals surface area contributed by atoms with Crippen molar-refractivity contribution in [2.24, 2.45) is 0 Å². The molecule has 2 N–H and O–H groups in total. The number of rotatable bonds is 8. The van der Waals surface area contributed by atoms with E-state index in [2.05, 4.69) is 38.7 Å². The van der Waals surface area contributed by atoms with Crippen molar-refractivity contribution in [2.75, 3.05) is 33.2 Å². The Kier molecular flexibility index (Phi) is 6.46. The Morgan fingerprint density at radius 2 is 1.64 bits per heavy atom. The molecule has 0 unspecified atom stereocenters. The number of amides is 1. The molecule has 0 radical (unpaired) electrons. The maximum Gasteiger partial charge on any atom is 0.238 e. The number of halogens is 1. The van der Waals surface area contributed by atoms with Crippen molar-refractivity contribution in [2.45, 2.75) is 24.8 Å². The molecule has 1 fully saturated rings. The maximum absolute atomic E-state index is 12.5. The normalized spacial score (nSPS) is 14.7. The zero-order chi connectivity index (χ0) is 20.1. The molecule has 1 aliphatic rings. The molecule has 0 saturated heterocycles. The van der Waals surface area contributed by atoms with Crippen molar-refractivity contribution in [3.8, 4) is 17.2 Å². The monoisotopic (exact) mass is 448 g/mol. The molecule has 2 aromatic carbocycles. The lowest BCUT2D eigenvalue weighted by atomic mass is 9.72. The number of ether oxygens (including phenoxy) is 3. The van der Waals surface area contributed by atoms with Gasteiger partial charge in [-0.3, -0.25) is 10.1 Å². The second-order valence-electron chi connectivity index (χ2n) is 6.76. The van der Waals surface area contributed by atoms with Crippen molar-refractivity contribution in [3.05, 3.63) is 46.4 Å². The first-order valence-corrected chi connectivity index (χ1v) is 9.91. The Bertz CT molecular complexity index is 810. The summed E-state index contributed by atoms with van der Waals surface area (Å²) in [5.41, 5.74) is 1.67. The van der Waals surface area contributed by atoms with Crippen molar-refractivity contribution in [3.63, 3.8) is 0 Å². The van der Waals surface area contributed by atoms with Gasteiger partial charge < -0.3 is 19.5 Å². The lowest BCUT2D eigenvalue weighted by Gasteiger charge is -2.43. The van der Waals surface area contributed by atoms with E-state index in [1.165, 1.54) is 5.56 Å². The topological polar surface area (TPSA) is 68.8 Å². The number of hydrogen-bond acceptors (Lipinski definition) is 5. The zero-order valence-corrected chi connectivity index (χ0v) is 17.9. The molecule has 1 amide bonds. The second kappa shape index (κ2) is 8.84. The van der Waals surface area contributed by atoms with Crippen LogP contribution < -0.4 is 24.8 Å². The largest absolute Gasteiger partial charge is 0.493 e. The summed E-state index contributed by atoms with van der Waals surface area (Å²) in [5, 5.41) is 6.35. The average Bonchev–Trinajstić information content (AvgIpc) is 2.67. The van der Waals surface area contributed by atoms with Gasteiger partial charge in [0.1, 0.15) is 0 Å². The van der Waals surface area contributed by atoms with Gasteiger partial charge in [-0.25, -0.2) is 0 Å². The summed E-state index contributed by atoms with van der Waals surface area (Å²) in [5.74, 6) is 1.35. The molecular formula is C21H25BrN2O4. The van der Waals surface area contributed by atoms with Gasteiger partial charge in [0, 0.05) is 27.8 Å². The SMILES string of the molecule is COc1cc(NC(=O)CNC2(c3ccc(Br)cc3)CCC2)cc(OC)c1OC. The molecule has 0 bridgehead atoms. The van der Waals surface area contributed by atoms with Gasteiger partial charge in [0.05, 0.1) is 27.9 Å². The molecule has 7 heteroatoms. The van der Waals surface area contributed by atoms with Crippen LogP contribution in [0.4, 0.5) is 5.69 Å². The van der Waals surface area contributed by atoms with Crippen LogP contribution in [0.2, 0.25) is 0 Å². The van der Waals surface area contributed by atoms with E-state index in [1.54, 1.807) is 33.5 Å². The second-order valence-corrected chi connectivity index (χ2v) is 7.67. The van der Waals surface area contributed by atoms with Crippen molar-refractivity contribution in [1.29, 1.82) is 0 Å². The van der Waals surface area contributed by atoms with Crippen molar-refractivity contribution in [1.82, 2.24) is 5.32 Å². The highest BCUT2D eigenvalue weighted by atomic mass is 79.9. The molecule has 2 aromatic rings. The first kappa shape index (κ1) is 20.5. The lowest BCUT2D eigenvalue weighted by molar-refractivity contribution is -0.116. The van der Waals surface area contributed by atoms with Gasteiger partial charge >= 0.3 is 0 Å². The third-order valence-corrected chi connectivity index (χ3v) is 5.67. The third-order valence-electron chi connectivity index (χ3n) is 5.14. The Balaban J connectivity index is 1.68. The summed E-state index contributed by atoms with van der Waals surface area (Å²) in [6.07, 6.45) is 3.19. The van der Waals surface area contributed by atoms with Crippen LogP contribution in [0.5, 0.6) is 17.2 Å². The molecule has 1 aliphatic carbocycles. The third kappa shape index (κ3) is 4.25. The molecule has 0 aliphatic heterocycles. The molecule has 3 rings (SSSR count). The maximum atomic E-state index is 12.5. The summed E-state index contributed by atoms with van der Waals surface area (Å²) in [7, 11) is 4.63. The molecule has 0 spiro atoms. The summed E-state index contributed by atoms with van der Waals surface area (Å²) in [4.78, 5) is 12.5. The van der Waals surface area contributed by atoms with Gasteiger partial charge in [-0.15, -0.1) is 0 Å². The van der Waals surface area contributed by atoms with E-state index in [0.29, 0.717) is 22.9 Å². The molecular weight excluding hydrogens is 424 g/mol. The van der Waals surface area contributed by atoms with E-state index in [4.69, 9.17) is 14.2 Å². The Morgan fingerprint density at radius 1 is 1.04 bits per heavy atom. The summed E-state index contributed by atoms with van der Waals surface area (Å²) in [6, 6.07) is 11.7. The van der Waals surface area contributed by atoms with Crippen LogP contribution in [-0.2, 0) is 10.3 Å². The molecule has 0 atom stereocenters. The minimum Gasteiger partial charge on any atom is -0.493 e. The van der Waals surface area contributed by atoms with Crippen LogP contribution in [0.3, 0.4) is 0 Å². The van der Waals surface area contributed by atoms with Crippen LogP contribution in [0.15, 0.2) is 40.9 Å². The van der Waals surface area contributed by atoms with E-state index in [1.807, 2.05) is 12.1 Å². The number of nitrogens with one attached hydrogen (secondary N) is 2. The summed E-state index contributed by atoms with van der Waals surface area (Å²) in [6.45, 7) is 0.215. The van der Waals surface area contributed by atoms with Crippen molar-refractivity contribution < 1.29 is 19.0 Å². The highest BCUT2D eigenvalue weighted by Crippen LogP contribution is 2.42. The number of hydrogen-bond donors (Lipinski definition) is 2. The van der Waals surface area contributed by atoms with Gasteiger partial charge in [0.15, 0.2) is 11.5 Å². The Labute approximate surface area is 173 Å². The Hall–Kier alpha value is -2.25. The summed E-state index contributed by atoms with van der Waals surface area (Å²) >= 11 is 3.47. The van der Waals surface area contributed by atoms with Gasteiger partial charge in [0.25, 0.3) is 0 Å². The van der Waals surface area contributed by atoms with Gasteiger partial charge in [-0.2, -0.15) is 0 Å². The van der Waals surface area contributed by atoms with E-state index in [-0.39, 0.29) is 18.0 Å². The highest BCUT2D eigenvalue weighted by molar-refractivity contribution is 9.10. The fraction of sp³-hybridized carbons (Fsp3) is 0.381. The first-order chi connectivity index (χ1) is 13.5. The average molecular weight is 449 g/mol. The Morgan fingerprint density at radius 3 is 2.11 bits per heavy atom. The number of anilines is 1. The van der Waals surface area contributed by atoms with E-state index >= 15 is 0 Å². The van der Waals surface area contributed by atoms with Crippen LogP contribution >= 0.6 is 15.9 Å². The lowest BCUT2D eigenvalue weighted by Crippen LogP contribution is -2.50. The van der Waals surface area contributed by atoms with Gasteiger partial charge in [0.2, 0.25) is 11.7 Å². The predicted octanol–water partition coefficient (Wildman–Crippen LogP) is 4.08. The van der Waals surface area contributed by atoms with Crippen molar-refractivity contribution >= 4 is 27.5 Å². The molecule has 6 nitrogen and oxygen atoms in total. The van der Waals surface area contributed by atoms with E-state index in [9.17, 15) is 4.79 Å². The van der Waals surface area contributed by atoms with E-state index in [0.717, 1.165) is 23.7 Å². The molecule has 28 heavy (non-hydrogen) atoms. The molecule has 150 valence electrons. The van der Waals surface area contributed by atoms with E-state index < -0.39 is 0 Å². The van der Waals surface area contributed by atoms with Crippen LogP contribution in [0.25, 0.3) is 0 Å². The quantitative estimate of drug-likeness (QED) is 0.636. The standard InChI is InChI=1S/C21H25BrN2O4/c1-26-17-11-16(12-18(27-2)20(17)28-3)24-19(25)13-23-21(9-4-10-21)14-5-7-15(22)8-6-14/h5-8,11-12,23H,4,9-10,13H2,1-3H3,(H,24,25). The first-order valence-electron chi connectivity index (χ1n) is 9.12. The fourth-order valence-corrected chi connectivity index (χ4v) is 3.74. The molecule has 1 saturated carbocycles.